The van der Waals surface area contributed by atoms with Crippen LogP contribution in [0.4, 0.5) is 0 Å². The molecule has 1 aromatic carbocycles. The summed E-state index contributed by atoms with van der Waals surface area (Å²) in [5.74, 6) is 0.743. The summed E-state index contributed by atoms with van der Waals surface area (Å²) in [6.07, 6.45) is 1.98. The smallest absolute Gasteiger partial charge is 0.201 e. The van der Waals surface area contributed by atoms with Gasteiger partial charge >= 0.3 is 0 Å². The summed E-state index contributed by atoms with van der Waals surface area (Å²) in [6, 6.07) is 7.19. The fourth-order valence-corrected chi connectivity index (χ4v) is 1.91. The Morgan fingerprint density at radius 1 is 1.40 bits per heavy atom. The minimum absolute atomic E-state index is 0.113. The number of Topliss-reactive ketones (excluding diaryl/α,β-unsaturated/α-hetero) is 1. The summed E-state index contributed by atoms with van der Waals surface area (Å²) >= 11 is 6.00. The van der Waals surface area contributed by atoms with Gasteiger partial charge in [-0.25, -0.2) is 0 Å². The van der Waals surface area contributed by atoms with E-state index in [0.29, 0.717) is 16.4 Å². The van der Waals surface area contributed by atoms with Crippen LogP contribution in [-0.2, 0) is 0 Å². The Morgan fingerprint density at radius 3 is 2.87 bits per heavy atom. The molecule has 3 rings (SSSR count). The molecule has 1 aliphatic carbocycles. The zero-order valence-corrected chi connectivity index (χ0v) is 8.75. The highest BCUT2D eigenvalue weighted by molar-refractivity contribution is 6.35. The number of hydrogen-bond acceptors (Lipinski definition) is 2. The van der Waals surface area contributed by atoms with Crippen molar-refractivity contribution in [3.63, 3.8) is 0 Å². The van der Waals surface area contributed by atoms with Crippen LogP contribution in [0.1, 0.15) is 23.4 Å². The quantitative estimate of drug-likeness (QED) is 0.723. The Labute approximate surface area is 91.8 Å². The third-order valence-corrected chi connectivity index (χ3v) is 3.03. The van der Waals surface area contributed by atoms with E-state index in [1.165, 1.54) is 0 Å². The molecule has 0 unspecified atom stereocenters. The van der Waals surface area contributed by atoms with E-state index in [2.05, 4.69) is 0 Å². The molecule has 1 heterocycles. The van der Waals surface area contributed by atoms with E-state index in [0.717, 1.165) is 18.2 Å². The predicted molar refractivity (Wildman–Crippen MR) is 58.3 cm³/mol. The molecule has 0 saturated heterocycles. The maximum Gasteiger partial charge on any atom is 0.201 e. The van der Waals surface area contributed by atoms with Crippen LogP contribution >= 0.6 is 11.6 Å². The molecule has 2 nitrogen and oxygen atoms in total. The average Bonchev–Trinajstić information content (AvgIpc) is 2.97. The molecule has 0 spiro atoms. The largest absolute Gasteiger partial charge is 0.453 e. The average molecular weight is 221 g/mol. The maximum atomic E-state index is 11.8. The third-order valence-electron chi connectivity index (χ3n) is 2.70. The molecule has 0 N–H and O–H groups in total. The van der Waals surface area contributed by atoms with Gasteiger partial charge in [-0.1, -0.05) is 17.7 Å². The Bertz CT molecular complexity index is 538. The van der Waals surface area contributed by atoms with Crippen LogP contribution in [-0.4, -0.2) is 5.78 Å². The lowest BCUT2D eigenvalue weighted by Gasteiger charge is -1.89. The zero-order valence-electron chi connectivity index (χ0n) is 8.00. The number of carbonyl (C=O) groups excluding carboxylic acids is 1. The molecule has 76 valence electrons. The number of halogens is 1. The molecule has 1 saturated carbocycles. The Morgan fingerprint density at radius 2 is 2.20 bits per heavy atom. The van der Waals surface area contributed by atoms with E-state index >= 15 is 0 Å². The number of fused-ring (bicyclic) bond motifs is 1. The first-order valence-electron chi connectivity index (χ1n) is 4.98. The second-order valence-electron chi connectivity index (χ2n) is 3.90. The van der Waals surface area contributed by atoms with Crippen molar-refractivity contribution in [1.29, 1.82) is 0 Å². The zero-order chi connectivity index (χ0) is 10.4. The van der Waals surface area contributed by atoms with E-state index in [-0.39, 0.29) is 11.7 Å². The van der Waals surface area contributed by atoms with Gasteiger partial charge in [0.2, 0.25) is 5.78 Å². The highest BCUT2D eigenvalue weighted by Crippen LogP contribution is 2.35. The van der Waals surface area contributed by atoms with E-state index in [4.69, 9.17) is 16.0 Å². The fourth-order valence-electron chi connectivity index (χ4n) is 1.69. The number of furan rings is 1. The van der Waals surface area contributed by atoms with E-state index in [1.54, 1.807) is 12.1 Å². The van der Waals surface area contributed by atoms with E-state index in [1.807, 2.05) is 12.1 Å². The van der Waals surface area contributed by atoms with Crippen molar-refractivity contribution in [3.05, 3.63) is 35.0 Å². The molecule has 2 aromatic rings. The SMILES string of the molecule is O=C(c1cc2c(Cl)cccc2o1)C1CC1. The van der Waals surface area contributed by atoms with E-state index < -0.39 is 0 Å². The van der Waals surface area contributed by atoms with Gasteiger partial charge in [0.1, 0.15) is 5.58 Å². The first-order valence-corrected chi connectivity index (χ1v) is 5.36. The number of benzene rings is 1. The summed E-state index contributed by atoms with van der Waals surface area (Å²) in [5.41, 5.74) is 0.687. The lowest BCUT2D eigenvalue weighted by atomic mass is 10.2. The van der Waals surface area contributed by atoms with Crippen LogP contribution in [0.3, 0.4) is 0 Å². The summed E-state index contributed by atoms with van der Waals surface area (Å²) in [5, 5.41) is 1.45. The van der Waals surface area contributed by atoms with Gasteiger partial charge in [-0.05, 0) is 31.0 Å². The van der Waals surface area contributed by atoms with Crippen LogP contribution in [0.2, 0.25) is 5.02 Å². The first-order chi connectivity index (χ1) is 7.25. The van der Waals surface area contributed by atoms with Gasteiger partial charge in [0.05, 0.1) is 5.02 Å². The molecule has 1 aliphatic rings. The van der Waals surface area contributed by atoms with Crippen molar-refractivity contribution < 1.29 is 9.21 Å². The number of hydrogen-bond donors (Lipinski definition) is 0. The summed E-state index contributed by atoms with van der Waals surface area (Å²) in [7, 11) is 0. The minimum atomic E-state index is 0.113. The molecular weight excluding hydrogens is 212 g/mol. The lowest BCUT2D eigenvalue weighted by molar-refractivity contribution is 0.0942. The van der Waals surface area contributed by atoms with Crippen LogP contribution in [0.25, 0.3) is 11.0 Å². The number of rotatable bonds is 2. The number of ketones is 1. The molecular formula is C12H9ClO2. The summed E-state index contributed by atoms with van der Waals surface area (Å²) in [6.45, 7) is 0. The molecule has 3 heteroatoms. The summed E-state index contributed by atoms with van der Waals surface area (Å²) < 4.78 is 5.48. The molecule has 0 bridgehead atoms. The molecule has 0 atom stereocenters. The van der Waals surface area contributed by atoms with Crippen LogP contribution in [0.15, 0.2) is 28.7 Å². The van der Waals surface area contributed by atoms with Gasteiger partial charge in [-0.3, -0.25) is 4.79 Å². The van der Waals surface area contributed by atoms with Crippen molar-refractivity contribution in [2.45, 2.75) is 12.8 Å². The highest BCUT2D eigenvalue weighted by atomic mass is 35.5. The predicted octanol–water partition coefficient (Wildman–Crippen LogP) is 3.68. The highest BCUT2D eigenvalue weighted by Gasteiger charge is 2.32. The van der Waals surface area contributed by atoms with Crippen LogP contribution in [0, 0.1) is 5.92 Å². The fraction of sp³-hybridized carbons (Fsp3) is 0.250. The molecule has 15 heavy (non-hydrogen) atoms. The normalized spacial score (nSPS) is 15.8. The first kappa shape index (κ1) is 8.98. The van der Waals surface area contributed by atoms with Gasteiger partial charge < -0.3 is 4.42 Å². The van der Waals surface area contributed by atoms with Crippen molar-refractivity contribution in [3.8, 4) is 0 Å². The van der Waals surface area contributed by atoms with Gasteiger partial charge in [0.15, 0.2) is 5.76 Å². The second-order valence-corrected chi connectivity index (χ2v) is 4.31. The Hall–Kier alpha value is -1.28. The van der Waals surface area contributed by atoms with Crippen molar-refractivity contribution >= 4 is 28.4 Å². The van der Waals surface area contributed by atoms with Crippen LogP contribution < -0.4 is 0 Å². The maximum absolute atomic E-state index is 11.8. The van der Waals surface area contributed by atoms with Gasteiger partial charge in [-0.2, -0.15) is 0 Å². The topological polar surface area (TPSA) is 30.2 Å². The van der Waals surface area contributed by atoms with Crippen LogP contribution in [0.5, 0.6) is 0 Å². The van der Waals surface area contributed by atoms with Crippen molar-refractivity contribution in [2.75, 3.05) is 0 Å². The lowest BCUT2D eigenvalue weighted by Crippen LogP contribution is -1.98. The Kier molecular flexibility index (Phi) is 1.86. The van der Waals surface area contributed by atoms with Gasteiger partial charge in [0, 0.05) is 11.3 Å². The monoisotopic (exact) mass is 220 g/mol. The molecule has 0 aliphatic heterocycles. The molecule has 1 fully saturated rings. The van der Waals surface area contributed by atoms with E-state index in [9.17, 15) is 4.79 Å². The third kappa shape index (κ3) is 1.45. The standard InChI is InChI=1S/C12H9ClO2/c13-9-2-1-3-10-8(9)6-11(15-10)12(14)7-4-5-7/h1-3,6-7H,4-5H2. The minimum Gasteiger partial charge on any atom is -0.453 e. The van der Waals surface area contributed by atoms with Gasteiger partial charge in [0.25, 0.3) is 0 Å². The Balaban J connectivity index is 2.13. The second kappa shape index (κ2) is 3.11. The van der Waals surface area contributed by atoms with Crippen molar-refractivity contribution in [1.82, 2.24) is 0 Å². The van der Waals surface area contributed by atoms with Crippen molar-refractivity contribution in [2.24, 2.45) is 5.92 Å². The molecule has 0 amide bonds. The molecule has 1 aromatic heterocycles. The summed E-state index contributed by atoms with van der Waals surface area (Å²) in [4.78, 5) is 11.8. The van der Waals surface area contributed by atoms with Gasteiger partial charge in [-0.15, -0.1) is 0 Å². The molecule has 0 radical (unpaired) electrons. The number of carbonyl (C=O) groups is 1.